The molecule has 0 atom stereocenters. The van der Waals surface area contributed by atoms with Gasteiger partial charge in [-0.2, -0.15) is 0 Å². The van der Waals surface area contributed by atoms with Gasteiger partial charge in [0.25, 0.3) is 0 Å². The Kier molecular flexibility index (Phi) is 12.7. The van der Waals surface area contributed by atoms with Crippen LogP contribution in [0.25, 0.3) is 6.08 Å². The molecule has 0 aliphatic heterocycles. The van der Waals surface area contributed by atoms with Crippen molar-refractivity contribution in [3.05, 3.63) is 114 Å². The number of ether oxygens (including phenoxy) is 6. The molecule has 0 saturated heterocycles. The van der Waals surface area contributed by atoms with Crippen LogP contribution in [-0.4, -0.2) is 50.3 Å². The predicted octanol–water partition coefficient (Wildman–Crippen LogP) is 5.83. The van der Waals surface area contributed by atoms with Gasteiger partial charge in [-0.3, -0.25) is 0 Å². The third-order valence-electron chi connectivity index (χ3n) is 5.82. The second-order valence-electron chi connectivity index (χ2n) is 9.69. The summed E-state index contributed by atoms with van der Waals surface area (Å²) >= 11 is 0. The number of hydrogen-bond donors (Lipinski definition) is 0. The molecule has 0 aromatic heterocycles. The van der Waals surface area contributed by atoms with Gasteiger partial charge < -0.3 is 28.4 Å². The zero-order valence-corrected chi connectivity index (χ0v) is 25.3. The lowest BCUT2D eigenvalue weighted by atomic mass is 10.2. The largest absolute Gasteiger partial charge is 0.490 e. The number of hydrogen-bond acceptors (Lipinski definition) is 10. The molecule has 0 unspecified atom stereocenters. The minimum absolute atomic E-state index is 0.0696. The molecule has 3 aromatic rings. The Bertz CT molecular complexity index is 1570. The Labute approximate surface area is 261 Å². The van der Waals surface area contributed by atoms with E-state index in [1.807, 2.05) is 0 Å². The number of carbonyl (C=O) groups excluding carboxylic acids is 4. The van der Waals surface area contributed by atoms with Crippen molar-refractivity contribution in [3.8, 4) is 23.0 Å². The lowest BCUT2D eigenvalue weighted by Crippen LogP contribution is -2.12. The summed E-state index contributed by atoms with van der Waals surface area (Å²) in [5.41, 5.74) is 2.27. The zero-order chi connectivity index (χ0) is 32.8. The topological polar surface area (TPSA) is 124 Å². The minimum atomic E-state index is -0.584. The van der Waals surface area contributed by atoms with Gasteiger partial charge in [0.05, 0.1) is 5.56 Å². The second-order valence-corrected chi connectivity index (χ2v) is 9.69. The monoisotopic (exact) mass is 614 g/mol. The van der Waals surface area contributed by atoms with Crippen molar-refractivity contribution in [2.24, 2.45) is 0 Å². The average molecular weight is 615 g/mol. The molecule has 0 spiro atoms. The SMILES string of the molecule is C=C(C)C(=O)OCCOc1ccc(/C=C/C(=O)Oc2ccc(OC(=O)c3ccc(OCCOC(=O)C(=C)C)cc3)cc2C)cc1. The third kappa shape index (κ3) is 11.5. The Morgan fingerprint density at radius 2 is 1.18 bits per heavy atom. The Hall–Kier alpha value is -5.64. The van der Waals surface area contributed by atoms with Crippen molar-refractivity contribution in [2.75, 3.05) is 26.4 Å². The maximum atomic E-state index is 12.6. The highest BCUT2D eigenvalue weighted by Crippen LogP contribution is 2.25. The first-order valence-corrected chi connectivity index (χ1v) is 13.9. The molecular formula is C35H34O10. The molecule has 45 heavy (non-hydrogen) atoms. The first-order valence-electron chi connectivity index (χ1n) is 13.9. The molecule has 234 valence electrons. The van der Waals surface area contributed by atoms with Crippen molar-refractivity contribution in [1.29, 1.82) is 0 Å². The van der Waals surface area contributed by atoms with Crippen molar-refractivity contribution in [1.82, 2.24) is 0 Å². The quantitative estimate of drug-likeness (QED) is 0.0894. The van der Waals surface area contributed by atoms with E-state index in [0.717, 1.165) is 5.56 Å². The zero-order valence-electron chi connectivity index (χ0n) is 25.3. The van der Waals surface area contributed by atoms with E-state index >= 15 is 0 Å². The lowest BCUT2D eigenvalue weighted by molar-refractivity contribution is -0.140. The summed E-state index contributed by atoms with van der Waals surface area (Å²) < 4.78 is 31.9. The van der Waals surface area contributed by atoms with Crippen LogP contribution in [0.2, 0.25) is 0 Å². The predicted molar refractivity (Wildman–Crippen MR) is 166 cm³/mol. The van der Waals surface area contributed by atoms with Crippen LogP contribution in [-0.2, 0) is 23.9 Å². The number of rotatable bonds is 15. The maximum absolute atomic E-state index is 12.6. The minimum Gasteiger partial charge on any atom is -0.490 e. The van der Waals surface area contributed by atoms with E-state index in [-0.39, 0.29) is 32.2 Å². The molecule has 3 aromatic carbocycles. The van der Waals surface area contributed by atoms with Gasteiger partial charge in [-0.1, -0.05) is 25.3 Å². The highest BCUT2D eigenvalue weighted by atomic mass is 16.6. The molecule has 0 bridgehead atoms. The van der Waals surface area contributed by atoms with E-state index < -0.39 is 23.9 Å². The summed E-state index contributed by atoms with van der Waals surface area (Å²) in [4.78, 5) is 47.7. The summed E-state index contributed by atoms with van der Waals surface area (Å²) in [5, 5.41) is 0. The van der Waals surface area contributed by atoms with Gasteiger partial charge in [0.1, 0.15) is 49.4 Å². The smallest absolute Gasteiger partial charge is 0.343 e. The fourth-order valence-corrected chi connectivity index (χ4v) is 3.47. The van der Waals surface area contributed by atoms with E-state index in [2.05, 4.69) is 13.2 Å². The van der Waals surface area contributed by atoms with E-state index in [1.54, 1.807) is 87.5 Å². The van der Waals surface area contributed by atoms with E-state index in [4.69, 9.17) is 28.4 Å². The van der Waals surface area contributed by atoms with Crippen LogP contribution in [0.1, 0.15) is 35.3 Å². The number of carbonyl (C=O) groups is 4. The first-order chi connectivity index (χ1) is 21.5. The highest BCUT2D eigenvalue weighted by molar-refractivity contribution is 5.91. The molecule has 0 heterocycles. The van der Waals surface area contributed by atoms with Gasteiger partial charge >= 0.3 is 23.9 Å². The average Bonchev–Trinajstić information content (AvgIpc) is 3.02. The molecule has 10 heteroatoms. The van der Waals surface area contributed by atoms with Gasteiger partial charge in [-0.25, -0.2) is 19.2 Å². The van der Waals surface area contributed by atoms with Crippen LogP contribution in [0.4, 0.5) is 0 Å². The van der Waals surface area contributed by atoms with Crippen molar-refractivity contribution >= 4 is 30.0 Å². The fraction of sp³-hybridized carbons (Fsp3) is 0.200. The van der Waals surface area contributed by atoms with Crippen LogP contribution in [0.5, 0.6) is 23.0 Å². The standard InChI is InChI=1S/C35H34O10/c1-23(2)33(37)42-20-18-40-28-11-6-26(7-12-28)8-17-32(36)45-31-16-15-30(22-25(31)5)44-35(39)27-9-13-29(14-10-27)41-19-21-43-34(38)24(3)4/h6-17,22H,1,3,18-21H2,2,4-5H3/b17-8+. The van der Waals surface area contributed by atoms with Crippen molar-refractivity contribution in [3.63, 3.8) is 0 Å². The Morgan fingerprint density at radius 1 is 0.667 bits per heavy atom. The third-order valence-corrected chi connectivity index (χ3v) is 5.82. The van der Waals surface area contributed by atoms with Gasteiger partial charge in [0, 0.05) is 17.2 Å². The van der Waals surface area contributed by atoms with E-state index in [0.29, 0.717) is 39.5 Å². The molecule has 0 fully saturated rings. The van der Waals surface area contributed by atoms with Gasteiger partial charge in [0.2, 0.25) is 0 Å². The summed E-state index contributed by atoms with van der Waals surface area (Å²) in [6, 6.07) is 18.0. The van der Waals surface area contributed by atoms with Gasteiger partial charge in [-0.15, -0.1) is 0 Å². The Balaban J connectivity index is 1.44. The van der Waals surface area contributed by atoms with Crippen molar-refractivity contribution < 1.29 is 47.6 Å². The lowest BCUT2D eigenvalue weighted by Gasteiger charge is -2.10. The molecule has 3 rings (SSSR count). The summed E-state index contributed by atoms with van der Waals surface area (Å²) in [6.45, 7) is 12.4. The van der Waals surface area contributed by atoms with Crippen LogP contribution >= 0.6 is 0 Å². The molecular weight excluding hydrogens is 580 g/mol. The van der Waals surface area contributed by atoms with E-state index in [1.165, 1.54) is 12.1 Å². The maximum Gasteiger partial charge on any atom is 0.343 e. The number of esters is 4. The Morgan fingerprint density at radius 3 is 1.69 bits per heavy atom. The van der Waals surface area contributed by atoms with Gasteiger partial charge in [-0.05, 0) is 92.6 Å². The fourth-order valence-electron chi connectivity index (χ4n) is 3.47. The molecule has 0 aliphatic rings. The van der Waals surface area contributed by atoms with E-state index in [9.17, 15) is 19.2 Å². The second kappa shape index (κ2) is 16.9. The van der Waals surface area contributed by atoms with Crippen LogP contribution in [0.3, 0.4) is 0 Å². The number of aryl methyl sites for hydroxylation is 1. The molecule has 0 radical (unpaired) electrons. The molecule has 0 amide bonds. The molecule has 0 saturated carbocycles. The van der Waals surface area contributed by atoms with Crippen LogP contribution < -0.4 is 18.9 Å². The molecule has 0 aliphatic carbocycles. The van der Waals surface area contributed by atoms with Crippen LogP contribution in [0, 0.1) is 6.92 Å². The summed E-state index contributed by atoms with van der Waals surface area (Å²) in [7, 11) is 0. The van der Waals surface area contributed by atoms with Gasteiger partial charge in [0.15, 0.2) is 0 Å². The normalized spacial score (nSPS) is 10.5. The van der Waals surface area contributed by atoms with Crippen LogP contribution in [0.15, 0.2) is 97.1 Å². The number of benzene rings is 3. The highest BCUT2D eigenvalue weighted by Gasteiger charge is 2.12. The summed E-state index contributed by atoms with van der Waals surface area (Å²) in [5.74, 6) is -0.440. The summed E-state index contributed by atoms with van der Waals surface area (Å²) in [6.07, 6.45) is 2.89. The molecule has 10 nitrogen and oxygen atoms in total. The van der Waals surface area contributed by atoms with Crippen molar-refractivity contribution in [2.45, 2.75) is 20.8 Å². The molecule has 0 N–H and O–H groups in total. The first kappa shape index (κ1) is 33.9.